The first-order chi connectivity index (χ1) is 9.11. The zero-order valence-corrected chi connectivity index (χ0v) is 13.2. The lowest BCUT2D eigenvalue weighted by molar-refractivity contribution is 0.182. The van der Waals surface area contributed by atoms with E-state index >= 15 is 0 Å². The molecule has 0 saturated carbocycles. The molecule has 4 nitrogen and oxygen atoms in total. The van der Waals surface area contributed by atoms with Crippen molar-refractivity contribution in [3.05, 3.63) is 0 Å². The van der Waals surface area contributed by atoms with E-state index in [9.17, 15) is 0 Å². The molecule has 0 aliphatic carbocycles. The molecular weight excluding hydrogens is 236 g/mol. The lowest BCUT2D eigenvalue weighted by atomic mass is 10.0. The predicted molar refractivity (Wildman–Crippen MR) is 83.7 cm³/mol. The smallest absolute Gasteiger partial charge is 0.190 e. The largest absolute Gasteiger partial charge is 0.356 e. The van der Waals surface area contributed by atoms with Crippen molar-refractivity contribution in [1.29, 1.82) is 0 Å². The molecule has 1 fully saturated rings. The second-order valence-electron chi connectivity index (χ2n) is 6.18. The average molecular weight is 268 g/mol. The van der Waals surface area contributed by atoms with Crippen LogP contribution in [-0.2, 0) is 0 Å². The molecule has 0 aromatic heterocycles. The summed E-state index contributed by atoms with van der Waals surface area (Å²) in [6.07, 6.45) is 3.96. The Labute approximate surface area is 119 Å². The topological polar surface area (TPSA) is 39.7 Å². The van der Waals surface area contributed by atoms with Gasteiger partial charge < -0.3 is 15.5 Å². The van der Waals surface area contributed by atoms with E-state index < -0.39 is 0 Å². The maximum absolute atomic E-state index is 4.24. The minimum atomic E-state index is 0.647. The highest BCUT2D eigenvalue weighted by molar-refractivity contribution is 5.79. The van der Waals surface area contributed by atoms with E-state index in [-0.39, 0.29) is 0 Å². The summed E-state index contributed by atoms with van der Waals surface area (Å²) in [4.78, 5) is 6.83. The van der Waals surface area contributed by atoms with Crippen molar-refractivity contribution in [1.82, 2.24) is 15.5 Å². The third-order valence-corrected chi connectivity index (χ3v) is 3.59. The van der Waals surface area contributed by atoms with E-state index in [4.69, 9.17) is 0 Å². The van der Waals surface area contributed by atoms with Gasteiger partial charge in [-0.3, -0.25) is 4.99 Å². The number of piperidine rings is 1. The van der Waals surface area contributed by atoms with Gasteiger partial charge in [0.2, 0.25) is 0 Å². The van der Waals surface area contributed by atoms with Crippen LogP contribution in [0, 0.1) is 11.8 Å². The molecule has 19 heavy (non-hydrogen) atoms. The lowest BCUT2D eigenvalue weighted by Crippen LogP contribution is -2.41. The van der Waals surface area contributed by atoms with Gasteiger partial charge in [0.25, 0.3) is 0 Å². The van der Waals surface area contributed by atoms with Crippen LogP contribution >= 0.6 is 0 Å². The van der Waals surface area contributed by atoms with Crippen molar-refractivity contribution in [2.24, 2.45) is 16.8 Å². The summed E-state index contributed by atoms with van der Waals surface area (Å²) >= 11 is 0. The summed E-state index contributed by atoms with van der Waals surface area (Å²) < 4.78 is 0. The number of hydrogen-bond donors (Lipinski definition) is 2. The summed E-state index contributed by atoms with van der Waals surface area (Å²) in [6, 6.07) is 0. The molecule has 1 heterocycles. The van der Waals surface area contributed by atoms with E-state index in [1.54, 1.807) is 0 Å². The van der Waals surface area contributed by atoms with E-state index in [0.717, 1.165) is 25.0 Å². The second kappa shape index (κ2) is 9.18. The molecule has 1 saturated heterocycles. The molecule has 0 aromatic rings. The van der Waals surface area contributed by atoms with Gasteiger partial charge in [-0.25, -0.2) is 0 Å². The number of rotatable bonds is 6. The molecule has 1 aliphatic heterocycles. The van der Waals surface area contributed by atoms with Gasteiger partial charge in [-0.1, -0.05) is 20.8 Å². The Morgan fingerprint density at radius 3 is 2.79 bits per heavy atom. The minimum Gasteiger partial charge on any atom is -0.356 e. The molecule has 0 radical (unpaired) electrons. The van der Waals surface area contributed by atoms with Crippen molar-refractivity contribution in [3.8, 4) is 0 Å². The van der Waals surface area contributed by atoms with Crippen molar-refractivity contribution < 1.29 is 0 Å². The van der Waals surface area contributed by atoms with Gasteiger partial charge in [-0.15, -0.1) is 0 Å². The third-order valence-electron chi connectivity index (χ3n) is 3.59. The summed E-state index contributed by atoms with van der Waals surface area (Å²) in [6.45, 7) is 12.5. The van der Waals surface area contributed by atoms with Crippen LogP contribution in [0.1, 0.15) is 40.0 Å². The van der Waals surface area contributed by atoms with E-state index in [0.29, 0.717) is 5.92 Å². The first-order valence-electron chi connectivity index (χ1n) is 7.78. The molecule has 1 unspecified atom stereocenters. The van der Waals surface area contributed by atoms with Gasteiger partial charge in [-0.05, 0) is 44.2 Å². The number of aliphatic imine (C=N–C) groups is 1. The normalized spacial score (nSPS) is 21.7. The number of nitrogens with one attached hydrogen (secondary N) is 2. The Morgan fingerprint density at radius 1 is 1.37 bits per heavy atom. The molecule has 4 heteroatoms. The van der Waals surface area contributed by atoms with Crippen LogP contribution in [0.3, 0.4) is 0 Å². The number of hydrogen-bond acceptors (Lipinski definition) is 2. The zero-order valence-electron chi connectivity index (χ0n) is 13.2. The maximum Gasteiger partial charge on any atom is 0.190 e. The quantitative estimate of drug-likeness (QED) is 0.439. The molecule has 1 rings (SSSR count). The van der Waals surface area contributed by atoms with E-state index in [2.05, 4.69) is 41.3 Å². The predicted octanol–water partition coefficient (Wildman–Crippen LogP) is 1.93. The zero-order chi connectivity index (χ0) is 14.1. The molecule has 2 N–H and O–H groups in total. The highest BCUT2D eigenvalue weighted by Gasteiger charge is 2.15. The number of guanidine groups is 1. The number of nitrogens with zero attached hydrogens (tertiary/aromatic N) is 2. The first-order valence-corrected chi connectivity index (χ1v) is 7.78. The summed E-state index contributed by atoms with van der Waals surface area (Å²) in [5, 5.41) is 6.73. The Balaban J connectivity index is 2.08. The molecular formula is C15H32N4. The Hall–Kier alpha value is -0.770. The van der Waals surface area contributed by atoms with Crippen molar-refractivity contribution >= 4 is 5.96 Å². The second-order valence-corrected chi connectivity index (χ2v) is 6.18. The van der Waals surface area contributed by atoms with Gasteiger partial charge in [0.1, 0.15) is 0 Å². The molecule has 0 bridgehead atoms. The average Bonchev–Trinajstić information content (AvgIpc) is 2.38. The fourth-order valence-electron chi connectivity index (χ4n) is 2.52. The Bertz CT molecular complexity index is 263. The van der Waals surface area contributed by atoms with E-state index in [1.165, 1.54) is 38.9 Å². The Kier molecular flexibility index (Phi) is 7.87. The van der Waals surface area contributed by atoms with Crippen LogP contribution < -0.4 is 10.6 Å². The monoisotopic (exact) mass is 268 g/mol. The first kappa shape index (κ1) is 16.3. The summed E-state index contributed by atoms with van der Waals surface area (Å²) in [7, 11) is 1.84. The van der Waals surface area contributed by atoms with Crippen molar-refractivity contribution in [3.63, 3.8) is 0 Å². The highest BCUT2D eigenvalue weighted by atomic mass is 15.2. The lowest BCUT2D eigenvalue weighted by Gasteiger charge is -2.30. The molecule has 0 spiro atoms. The van der Waals surface area contributed by atoms with Crippen LogP contribution in [0.15, 0.2) is 4.99 Å². The minimum absolute atomic E-state index is 0.647. The third kappa shape index (κ3) is 7.41. The fraction of sp³-hybridized carbons (Fsp3) is 0.933. The van der Waals surface area contributed by atoms with Crippen LogP contribution in [0.5, 0.6) is 0 Å². The molecule has 1 atom stereocenters. The van der Waals surface area contributed by atoms with Crippen molar-refractivity contribution in [2.45, 2.75) is 40.0 Å². The summed E-state index contributed by atoms with van der Waals surface area (Å²) in [5.74, 6) is 2.45. The maximum atomic E-state index is 4.24. The van der Waals surface area contributed by atoms with Crippen LogP contribution in [0.25, 0.3) is 0 Å². The van der Waals surface area contributed by atoms with Gasteiger partial charge in [0, 0.05) is 26.7 Å². The van der Waals surface area contributed by atoms with Gasteiger partial charge in [0.05, 0.1) is 0 Å². The van der Waals surface area contributed by atoms with E-state index in [1.807, 2.05) is 7.05 Å². The summed E-state index contributed by atoms with van der Waals surface area (Å²) in [5.41, 5.74) is 0. The van der Waals surface area contributed by atoms with Crippen LogP contribution in [-0.4, -0.2) is 50.6 Å². The van der Waals surface area contributed by atoms with Gasteiger partial charge in [-0.2, -0.15) is 0 Å². The molecule has 0 amide bonds. The van der Waals surface area contributed by atoms with Crippen molar-refractivity contribution in [2.75, 3.05) is 39.8 Å². The van der Waals surface area contributed by atoms with Gasteiger partial charge in [0.15, 0.2) is 5.96 Å². The van der Waals surface area contributed by atoms with Crippen LogP contribution in [0.4, 0.5) is 0 Å². The molecule has 1 aliphatic rings. The standard InChI is InChI=1S/C15H32N4/c1-13(2)11-18-15(16-4)17-8-6-10-19-9-5-7-14(3)12-19/h13-14H,5-12H2,1-4H3,(H2,16,17,18). The highest BCUT2D eigenvalue weighted by Crippen LogP contribution is 2.15. The van der Waals surface area contributed by atoms with Crippen LogP contribution in [0.2, 0.25) is 0 Å². The van der Waals surface area contributed by atoms with Gasteiger partial charge >= 0.3 is 0 Å². The SMILES string of the molecule is CN=C(NCCCN1CCCC(C)C1)NCC(C)C. The Morgan fingerprint density at radius 2 is 2.16 bits per heavy atom. The fourth-order valence-corrected chi connectivity index (χ4v) is 2.52. The number of likely N-dealkylation sites (tertiary alicyclic amines) is 1. The molecule has 0 aromatic carbocycles. The molecule has 112 valence electrons.